The highest BCUT2D eigenvalue weighted by Crippen LogP contribution is 2.33. The summed E-state index contributed by atoms with van der Waals surface area (Å²) in [6, 6.07) is 15.2. The van der Waals surface area contributed by atoms with Gasteiger partial charge in [-0.2, -0.15) is 0 Å². The number of nitrogens with zero attached hydrogens (tertiary/aromatic N) is 3. The van der Waals surface area contributed by atoms with E-state index < -0.39 is 12.3 Å². The van der Waals surface area contributed by atoms with E-state index in [1.807, 2.05) is 36.4 Å². The van der Waals surface area contributed by atoms with E-state index in [2.05, 4.69) is 32.4 Å². The van der Waals surface area contributed by atoms with E-state index in [0.717, 1.165) is 12.0 Å². The molecule has 0 aliphatic heterocycles. The molecular weight excluding hydrogens is 408 g/mol. The molecule has 0 aliphatic carbocycles. The number of aliphatic hydroxyl groups is 1. The van der Waals surface area contributed by atoms with Crippen LogP contribution >= 0.6 is 0 Å². The van der Waals surface area contributed by atoms with Crippen LogP contribution < -0.4 is 20.3 Å². The van der Waals surface area contributed by atoms with Crippen LogP contribution in [0.15, 0.2) is 61.2 Å². The lowest BCUT2D eigenvalue weighted by molar-refractivity contribution is 0.0627. The lowest BCUT2D eigenvalue weighted by atomic mass is 10.0. The topological polar surface area (TPSA) is 121 Å². The molecule has 0 saturated carbocycles. The maximum Gasteiger partial charge on any atom is 0.173 e. The fourth-order valence-corrected chi connectivity index (χ4v) is 3.71. The normalized spacial score (nSPS) is 13.1. The zero-order valence-corrected chi connectivity index (χ0v) is 17.9. The molecule has 4 N–H and O–H groups in total. The third kappa shape index (κ3) is 4.34. The van der Waals surface area contributed by atoms with Crippen molar-refractivity contribution in [1.82, 2.24) is 24.8 Å². The number of aromatic amines is 1. The predicted molar refractivity (Wildman–Crippen MR) is 119 cm³/mol. The van der Waals surface area contributed by atoms with Gasteiger partial charge in [-0.1, -0.05) is 36.4 Å². The molecule has 4 aromatic rings. The van der Waals surface area contributed by atoms with E-state index in [9.17, 15) is 5.11 Å². The summed E-state index contributed by atoms with van der Waals surface area (Å²) in [6.45, 7) is 0.633. The average molecular weight is 435 g/mol. The van der Waals surface area contributed by atoms with E-state index >= 15 is 0 Å². The largest absolute Gasteiger partial charge is 0.493 e. The van der Waals surface area contributed by atoms with Crippen LogP contribution in [0.4, 0.5) is 0 Å². The molecule has 32 heavy (non-hydrogen) atoms. The number of aliphatic hydroxyl groups excluding tert-OH is 1. The molecule has 0 bridgehead atoms. The smallest absolute Gasteiger partial charge is 0.173 e. The molecule has 0 spiro atoms. The van der Waals surface area contributed by atoms with Crippen LogP contribution in [0.2, 0.25) is 0 Å². The Kier molecular flexibility index (Phi) is 6.48. The highest BCUT2D eigenvalue weighted by molar-refractivity contribution is 5.68. The van der Waals surface area contributed by atoms with Crippen molar-refractivity contribution in [1.29, 1.82) is 5.41 Å². The Morgan fingerprint density at radius 1 is 1.09 bits per heavy atom. The van der Waals surface area contributed by atoms with Crippen molar-refractivity contribution in [3.05, 3.63) is 77.8 Å². The van der Waals surface area contributed by atoms with Crippen molar-refractivity contribution in [2.24, 2.45) is 0 Å². The van der Waals surface area contributed by atoms with Gasteiger partial charge in [-0.15, -0.1) is 0 Å². The highest BCUT2D eigenvalue weighted by Gasteiger charge is 2.25. The fourth-order valence-electron chi connectivity index (χ4n) is 3.71. The van der Waals surface area contributed by atoms with Crippen molar-refractivity contribution in [3.8, 4) is 11.5 Å². The quantitative estimate of drug-likeness (QED) is 0.321. The van der Waals surface area contributed by atoms with Gasteiger partial charge in [0.1, 0.15) is 11.8 Å². The summed E-state index contributed by atoms with van der Waals surface area (Å²) in [7, 11) is 3.16. The second-order valence-corrected chi connectivity index (χ2v) is 7.30. The minimum absolute atomic E-state index is 0.0700. The molecular formula is C23H26N6O3. The summed E-state index contributed by atoms with van der Waals surface area (Å²) in [6.07, 6.45) is 2.68. The molecule has 2 heterocycles. The first-order chi connectivity index (χ1) is 15.6. The number of rotatable bonds is 9. The summed E-state index contributed by atoms with van der Waals surface area (Å²) < 4.78 is 12.4. The molecule has 166 valence electrons. The minimum atomic E-state index is -1.04. The number of aromatic nitrogens is 4. The molecule has 0 fully saturated rings. The van der Waals surface area contributed by atoms with Gasteiger partial charge in [-0.25, -0.2) is 9.97 Å². The maximum atomic E-state index is 11.4. The Balaban J connectivity index is 1.68. The van der Waals surface area contributed by atoms with Crippen LogP contribution in [0.5, 0.6) is 11.5 Å². The van der Waals surface area contributed by atoms with Crippen molar-refractivity contribution >= 4 is 11.2 Å². The molecule has 9 nitrogen and oxygen atoms in total. The van der Waals surface area contributed by atoms with Crippen LogP contribution in [0.25, 0.3) is 11.2 Å². The Morgan fingerprint density at radius 2 is 1.88 bits per heavy atom. The van der Waals surface area contributed by atoms with Gasteiger partial charge >= 0.3 is 0 Å². The average Bonchev–Trinajstić information content (AvgIpc) is 3.33. The zero-order valence-electron chi connectivity index (χ0n) is 17.9. The van der Waals surface area contributed by atoms with Crippen molar-refractivity contribution in [3.63, 3.8) is 0 Å². The Hall–Kier alpha value is -3.69. The molecule has 1 unspecified atom stereocenters. The number of hydrogen-bond donors (Lipinski definition) is 4. The summed E-state index contributed by atoms with van der Waals surface area (Å²) >= 11 is 0. The highest BCUT2D eigenvalue weighted by atomic mass is 16.5. The number of methoxy groups -OCH3 is 2. The summed E-state index contributed by atoms with van der Waals surface area (Å²) in [5.41, 5.74) is 2.99. The van der Waals surface area contributed by atoms with Crippen LogP contribution in [0, 0.1) is 5.41 Å². The second-order valence-electron chi connectivity index (χ2n) is 7.30. The molecule has 2 atom stereocenters. The third-order valence-corrected chi connectivity index (χ3v) is 5.38. The van der Waals surface area contributed by atoms with Gasteiger partial charge in [-0.3, -0.25) is 9.98 Å². The molecule has 2 aromatic heterocycles. The number of benzene rings is 2. The Morgan fingerprint density at radius 3 is 2.62 bits per heavy atom. The van der Waals surface area contributed by atoms with Crippen LogP contribution in [0.3, 0.4) is 0 Å². The number of nitrogens with one attached hydrogen (secondary N) is 3. The number of H-pyrrole nitrogens is 1. The van der Waals surface area contributed by atoms with E-state index in [1.54, 1.807) is 18.8 Å². The first-order valence-electron chi connectivity index (χ1n) is 10.2. The van der Waals surface area contributed by atoms with Crippen LogP contribution in [0.1, 0.15) is 23.4 Å². The predicted octanol–water partition coefficient (Wildman–Crippen LogP) is 2.32. The SMILES string of the molecule is COc1ccc([C@@H](NCCc2ccccc2)C(O)n2cnc(=N)c3[nH]cnc32)cc1OC. The molecule has 0 saturated heterocycles. The number of ether oxygens (including phenoxy) is 2. The summed E-state index contributed by atoms with van der Waals surface area (Å²) in [5.74, 6) is 1.18. The van der Waals surface area contributed by atoms with Gasteiger partial charge in [0.05, 0.1) is 26.6 Å². The van der Waals surface area contributed by atoms with Crippen molar-refractivity contribution < 1.29 is 14.6 Å². The lowest BCUT2D eigenvalue weighted by Crippen LogP contribution is -2.32. The lowest BCUT2D eigenvalue weighted by Gasteiger charge is -2.27. The van der Waals surface area contributed by atoms with Gasteiger partial charge in [0.2, 0.25) is 0 Å². The molecule has 9 heteroatoms. The maximum absolute atomic E-state index is 11.4. The first-order valence-corrected chi connectivity index (χ1v) is 10.2. The van der Waals surface area contributed by atoms with Gasteiger partial charge in [0, 0.05) is 0 Å². The van der Waals surface area contributed by atoms with Gasteiger partial charge in [-0.05, 0) is 36.2 Å². The van der Waals surface area contributed by atoms with E-state index in [0.29, 0.717) is 29.2 Å². The Labute approximate surface area is 185 Å². The molecule has 4 rings (SSSR count). The van der Waals surface area contributed by atoms with Crippen LogP contribution in [-0.2, 0) is 6.42 Å². The van der Waals surface area contributed by atoms with E-state index in [4.69, 9.17) is 14.9 Å². The Bertz CT molecular complexity index is 1240. The molecule has 0 aliphatic rings. The van der Waals surface area contributed by atoms with E-state index in [1.165, 1.54) is 18.2 Å². The van der Waals surface area contributed by atoms with Crippen LogP contribution in [-0.4, -0.2) is 45.4 Å². The molecule has 2 aromatic carbocycles. The third-order valence-electron chi connectivity index (χ3n) is 5.38. The minimum Gasteiger partial charge on any atom is -0.493 e. The molecule has 0 amide bonds. The summed E-state index contributed by atoms with van der Waals surface area (Å²) in [4.78, 5) is 11.3. The number of hydrogen-bond acceptors (Lipinski definition) is 7. The van der Waals surface area contributed by atoms with Gasteiger partial charge < -0.3 is 24.9 Å². The number of fused-ring (bicyclic) bond motifs is 1. The monoisotopic (exact) mass is 434 g/mol. The van der Waals surface area contributed by atoms with Crippen molar-refractivity contribution in [2.75, 3.05) is 20.8 Å². The second kappa shape index (κ2) is 9.63. The standard InChI is InChI=1S/C23H26N6O3/c1-31-17-9-8-16(12-18(17)32-2)19(25-11-10-15-6-4-3-5-7-15)23(30)29-14-28-21(24)20-22(29)27-13-26-20/h3-9,12-14,19,23-25,30H,10-11H2,1-2H3,(H,26,27)/t19-,23?/m1/s1. The molecule has 0 radical (unpaired) electrons. The van der Waals surface area contributed by atoms with Crippen molar-refractivity contribution in [2.45, 2.75) is 18.7 Å². The zero-order chi connectivity index (χ0) is 22.5. The van der Waals surface area contributed by atoms with Gasteiger partial charge in [0.15, 0.2) is 28.9 Å². The van der Waals surface area contributed by atoms with Gasteiger partial charge in [0.25, 0.3) is 0 Å². The number of imidazole rings is 1. The summed E-state index contributed by atoms with van der Waals surface area (Å²) in [5, 5.41) is 22.8. The van der Waals surface area contributed by atoms with E-state index in [-0.39, 0.29) is 5.49 Å². The fraction of sp³-hybridized carbons (Fsp3) is 0.261. The first kappa shape index (κ1) is 21.5.